The number of benzene rings is 3. The van der Waals surface area contributed by atoms with Crippen molar-refractivity contribution in [3.8, 4) is 6.07 Å². The normalized spacial score (nSPS) is 11.4. The van der Waals surface area contributed by atoms with Crippen LogP contribution in [0.5, 0.6) is 0 Å². The van der Waals surface area contributed by atoms with Gasteiger partial charge in [-0.15, -0.1) is 13.2 Å². The van der Waals surface area contributed by atoms with Gasteiger partial charge >= 0.3 is 0 Å². The third-order valence-corrected chi connectivity index (χ3v) is 7.57. The summed E-state index contributed by atoms with van der Waals surface area (Å²) in [5, 5.41) is 29.8. The van der Waals surface area contributed by atoms with Crippen LogP contribution < -0.4 is 14.7 Å². The van der Waals surface area contributed by atoms with Crippen LogP contribution in [0.15, 0.2) is 98.1 Å². The number of nitro benzene ring substituents is 2. The summed E-state index contributed by atoms with van der Waals surface area (Å²) in [5.74, 6) is 0.830. The highest BCUT2D eigenvalue weighted by Gasteiger charge is 2.24. The zero-order valence-corrected chi connectivity index (χ0v) is 28.7. The average Bonchev–Trinajstić information content (AvgIpc) is 3.93. The van der Waals surface area contributed by atoms with Crippen molar-refractivity contribution < 1.29 is 9.85 Å². The molecule has 0 heterocycles. The molecule has 3 aromatic rings. The first-order valence-electron chi connectivity index (χ1n) is 16.7. The van der Waals surface area contributed by atoms with E-state index in [2.05, 4.69) is 49.8 Å². The quantitative estimate of drug-likeness (QED) is 0.0803. The van der Waals surface area contributed by atoms with Crippen molar-refractivity contribution in [2.24, 2.45) is 5.92 Å². The minimum atomic E-state index is -0.408. The Labute approximate surface area is 285 Å². The van der Waals surface area contributed by atoms with E-state index < -0.39 is 4.92 Å². The van der Waals surface area contributed by atoms with E-state index in [0.717, 1.165) is 68.3 Å². The van der Waals surface area contributed by atoms with Gasteiger partial charge in [0.05, 0.1) is 21.5 Å². The third-order valence-electron chi connectivity index (χ3n) is 7.57. The second-order valence-electron chi connectivity index (χ2n) is 11.6. The van der Waals surface area contributed by atoms with Gasteiger partial charge in [-0.3, -0.25) is 20.2 Å². The van der Waals surface area contributed by atoms with Crippen LogP contribution in [0.25, 0.3) is 0 Å². The summed E-state index contributed by atoms with van der Waals surface area (Å²) >= 11 is 0. The SMILES string of the molecule is C=CCN(CC=C)c1ccc([N+](=O)[O-])cc1.CCCN(CC1CC1)c1ccc([N+](=O)[O-])cc1.CCCN(CCC)c1ccc(C#N)cc1. The van der Waals surface area contributed by atoms with Crippen LogP contribution >= 0.6 is 0 Å². The Morgan fingerprint density at radius 2 is 1.06 bits per heavy atom. The van der Waals surface area contributed by atoms with Gasteiger partial charge in [-0.05, 0) is 86.6 Å². The molecule has 0 N–H and O–H groups in total. The zero-order chi connectivity index (χ0) is 35.3. The topological polar surface area (TPSA) is 120 Å². The van der Waals surface area contributed by atoms with E-state index in [4.69, 9.17) is 5.26 Å². The molecule has 1 aliphatic rings. The molecule has 0 spiro atoms. The van der Waals surface area contributed by atoms with Crippen LogP contribution in [0.3, 0.4) is 0 Å². The first-order valence-corrected chi connectivity index (χ1v) is 16.7. The van der Waals surface area contributed by atoms with Crippen molar-refractivity contribution in [2.75, 3.05) is 54.0 Å². The van der Waals surface area contributed by atoms with E-state index in [1.54, 1.807) is 36.4 Å². The Balaban J connectivity index is 0.000000251. The van der Waals surface area contributed by atoms with Crippen LogP contribution in [0, 0.1) is 37.5 Å². The molecule has 48 heavy (non-hydrogen) atoms. The monoisotopic (exact) mass is 654 g/mol. The fourth-order valence-electron chi connectivity index (χ4n) is 5.03. The van der Waals surface area contributed by atoms with Crippen molar-refractivity contribution in [1.82, 2.24) is 0 Å². The van der Waals surface area contributed by atoms with Crippen LogP contribution in [0.2, 0.25) is 0 Å². The van der Waals surface area contributed by atoms with Gasteiger partial charge in [-0.2, -0.15) is 5.26 Å². The lowest BCUT2D eigenvalue weighted by Gasteiger charge is -2.24. The smallest absolute Gasteiger partial charge is 0.269 e. The maximum Gasteiger partial charge on any atom is 0.269 e. The van der Waals surface area contributed by atoms with Gasteiger partial charge in [0.2, 0.25) is 0 Å². The van der Waals surface area contributed by atoms with Gasteiger partial charge in [-0.25, -0.2) is 0 Å². The summed E-state index contributed by atoms with van der Waals surface area (Å²) in [6.07, 6.45) is 9.62. The maximum atomic E-state index is 10.6. The first-order chi connectivity index (χ1) is 23.2. The number of rotatable bonds is 17. The van der Waals surface area contributed by atoms with Gasteiger partial charge in [0.1, 0.15) is 0 Å². The first kappa shape index (κ1) is 39.0. The van der Waals surface area contributed by atoms with E-state index in [0.29, 0.717) is 13.1 Å². The number of hydrogen-bond donors (Lipinski definition) is 0. The van der Waals surface area contributed by atoms with Gasteiger partial charge in [0, 0.05) is 80.6 Å². The molecule has 0 radical (unpaired) electrons. The predicted octanol–water partition coefficient (Wildman–Crippen LogP) is 9.18. The summed E-state index contributed by atoms with van der Waals surface area (Å²) in [5.41, 5.74) is 4.23. The number of anilines is 3. The van der Waals surface area contributed by atoms with Crippen molar-refractivity contribution in [3.05, 3.63) is 124 Å². The van der Waals surface area contributed by atoms with Gasteiger partial charge < -0.3 is 14.7 Å². The van der Waals surface area contributed by atoms with E-state index in [1.165, 1.54) is 30.7 Å². The molecular weight excluding hydrogens is 604 g/mol. The van der Waals surface area contributed by atoms with Crippen molar-refractivity contribution in [3.63, 3.8) is 0 Å². The Bertz CT molecular complexity index is 1430. The highest BCUT2D eigenvalue weighted by molar-refractivity contribution is 5.52. The number of non-ortho nitro benzene ring substituents is 2. The lowest BCUT2D eigenvalue weighted by Crippen LogP contribution is -2.26. The summed E-state index contributed by atoms with van der Waals surface area (Å²) in [7, 11) is 0. The highest BCUT2D eigenvalue weighted by atomic mass is 16.6. The molecule has 0 amide bonds. The molecule has 0 saturated heterocycles. The van der Waals surface area contributed by atoms with Gasteiger partial charge in [-0.1, -0.05) is 32.9 Å². The standard InChI is InChI=1S/C13H18N2O2.C13H18N2.C12H14N2O2/c1-2-9-14(10-11-3-4-11)12-5-7-13(8-6-12)15(16)17;1-3-9-15(10-4-2)13-7-5-12(11-14)6-8-13;1-3-9-13(10-4-2)11-5-7-12(8-6-11)14(15)16/h5-8,11H,2-4,9-10H2,1H3;5-8H,3-4,9-10H2,1-2H3;3-8H,1-2,9-10H2. The second kappa shape index (κ2) is 21.6. The fraction of sp³-hybridized carbons (Fsp3) is 0.395. The van der Waals surface area contributed by atoms with Crippen molar-refractivity contribution >= 4 is 28.4 Å². The molecule has 1 saturated carbocycles. The van der Waals surface area contributed by atoms with Crippen LogP contribution in [-0.4, -0.2) is 49.1 Å². The fourth-order valence-corrected chi connectivity index (χ4v) is 5.03. The predicted molar refractivity (Wildman–Crippen MR) is 198 cm³/mol. The summed E-state index contributed by atoms with van der Waals surface area (Å²) < 4.78 is 0. The summed E-state index contributed by atoms with van der Waals surface area (Å²) in [4.78, 5) is 27.0. The largest absolute Gasteiger partial charge is 0.372 e. The molecule has 0 bridgehead atoms. The molecule has 1 aliphatic carbocycles. The van der Waals surface area contributed by atoms with E-state index >= 15 is 0 Å². The Morgan fingerprint density at radius 1 is 0.688 bits per heavy atom. The lowest BCUT2D eigenvalue weighted by molar-refractivity contribution is -0.385. The van der Waals surface area contributed by atoms with E-state index in [-0.39, 0.29) is 16.3 Å². The molecule has 10 heteroatoms. The molecule has 0 atom stereocenters. The van der Waals surface area contributed by atoms with Crippen LogP contribution in [-0.2, 0) is 0 Å². The Morgan fingerprint density at radius 3 is 1.42 bits per heavy atom. The van der Waals surface area contributed by atoms with Gasteiger partial charge in [0.25, 0.3) is 11.4 Å². The van der Waals surface area contributed by atoms with E-state index in [1.807, 2.05) is 41.3 Å². The number of nitriles is 1. The molecule has 4 rings (SSSR count). The van der Waals surface area contributed by atoms with E-state index in [9.17, 15) is 20.2 Å². The third kappa shape index (κ3) is 13.7. The van der Waals surface area contributed by atoms with Crippen LogP contribution in [0.1, 0.15) is 58.4 Å². The second-order valence-corrected chi connectivity index (χ2v) is 11.6. The Kier molecular flexibility index (Phi) is 17.5. The molecule has 0 aromatic heterocycles. The molecule has 0 unspecified atom stereocenters. The molecule has 3 aromatic carbocycles. The minimum Gasteiger partial charge on any atom is -0.372 e. The molecule has 1 fully saturated rings. The van der Waals surface area contributed by atoms with Crippen molar-refractivity contribution in [1.29, 1.82) is 5.26 Å². The highest BCUT2D eigenvalue weighted by Crippen LogP contribution is 2.32. The summed E-state index contributed by atoms with van der Waals surface area (Å²) in [6, 6.07) is 23.3. The number of hydrogen-bond acceptors (Lipinski definition) is 8. The average molecular weight is 655 g/mol. The van der Waals surface area contributed by atoms with Crippen molar-refractivity contribution in [2.45, 2.75) is 52.9 Å². The Hall–Kier alpha value is -5.17. The van der Waals surface area contributed by atoms with Crippen LogP contribution in [0.4, 0.5) is 28.4 Å². The lowest BCUT2D eigenvalue weighted by atomic mass is 10.2. The minimum absolute atomic E-state index is 0.0981. The maximum absolute atomic E-state index is 10.6. The van der Waals surface area contributed by atoms with Gasteiger partial charge in [0.15, 0.2) is 0 Å². The molecule has 10 nitrogen and oxygen atoms in total. The molecular formula is C38H50N6O4. The summed E-state index contributed by atoms with van der Waals surface area (Å²) in [6.45, 7) is 19.5. The zero-order valence-electron chi connectivity index (χ0n) is 28.7. The molecule has 256 valence electrons. The molecule has 0 aliphatic heterocycles. The number of nitrogens with zero attached hydrogens (tertiary/aromatic N) is 6. The number of nitro groups is 2.